The number of likely N-dealkylation sites (tertiary alicyclic amines) is 1. The van der Waals surface area contributed by atoms with E-state index >= 15 is 0 Å². The summed E-state index contributed by atoms with van der Waals surface area (Å²) in [7, 11) is 0. The van der Waals surface area contributed by atoms with E-state index in [1.54, 1.807) is 0 Å². The Labute approximate surface area is 105 Å². The van der Waals surface area contributed by atoms with Crippen LogP contribution in [-0.2, 0) is 4.74 Å². The predicted octanol–water partition coefficient (Wildman–Crippen LogP) is 2.39. The van der Waals surface area contributed by atoms with Crippen LogP contribution in [0.3, 0.4) is 0 Å². The lowest BCUT2D eigenvalue weighted by Crippen LogP contribution is -2.49. The topological polar surface area (TPSA) is 41.6 Å². The summed E-state index contributed by atoms with van der Waals surface area (Å²) in [5.41, 5.74) is 0. The van der Waals surface area contributed by atoms with Crippen LogP contribution in [-0.4, -0.2) is 42.8 Å². The molecule has 4 nitrogen and oxygen atoms in total. The highest BCUT2D eigenvalue weighted by Crippen LogP contribution is 2.19. The van der Waals surface area contributed by atoms with Gasteiger partial charge in [-0.05, 0) is 46.5 Å². The standard InChI is InChI=1S/C13H26N2O2/c1-4-14-13(16)15-9-6-5-7-12(15)8-10-17-11(2)3/h11-12H,4-10H2,1-3H3,(H,14,16)/t12-/m1/s1. The summed E-state index contributed by atoms with van der Waals surface area (Å²) >= 11 is 0. The van der Waals surface area contributed by atoms with E-state index in [9.17, 15) is 4.79 Å². The zero-order chi connectivity index (χ0) is 12.7. The van der Waals surface area contributed by atoms with Crippen molar-refractivity contribution in [1.82, 2.24) is 10.2 Å². The summed E-state index contributed by atoms with van der Waals surface area (Å²) in [4.78, 5) is 13.9. The van der Waals surface area contributed by atoms with Gasteiger partial charge < -0.3 is 15.0 Å². The molecule has 0 radical (unpaired) electrons. The van der Waals surface area contributed by atoms with Crippen molar-refractivity contribution in [3.8, 4) is 0 Å². The third-order valence-corrected chi connectivity index (χ3v) is 3.12. The van der Waals surface area contributed by atoms with Gasteiger partial charge in [0.2, 0.25) is 0 Å². The number of urea groups is 1. The van der Waals surface area contributed by atoms with Gasteiger partial charge in [0.25, 0.3) is 0 Å². The molecule has 1 saturated heterocycles. The normalized spacial score (nSPS) is 20.7. The summed E-state index contributed by atoms with van der Waals surface area (Å²) in [5, 5.41) is 2.89. The van der Waals surface area contributed by atoms with E-state index in [2.05, 4.69) is 5.32 Å². The van der Waals surface area contributed by atoms with Gasteiger partial charge >= 0.3 is 6.03 Å². The molecule has 0 bridgehead atoms. The van der Waals surface area contributed by atoms with Crippen LogP contribution < -0.4 is 5.32 Å². The Morgan fingerprint density at radius 3 is 2.88 bits per heavy atom. The quantitative estimate of drug-likeness (QED) is 0.804. The molecule has 100 valence electrons. The van der Waals surface area contributed by atoms with Crippen LogP contribution in [0.25, 0.3) is 0 Å². The summed E-state index contributed by atoms with van der Waals surface area (Å²) in [6, 6.07) is 0.441. The Kier molecular flexibility index (Phi) is 6.34. The lowest BCUT2D eigenvalue weighted by molar-refractivity contribution is 0.0554. The molecular weight excluding hydrogens is 216 g/mol. The average Bonchev–Trinajstić information content (AvgIpc) is 2.29. The zero-order valence-electron chi connectivity index (χ0n) is 11.4. The molecule has 17 heavy (non-hydrogen) atoms. The van der Waals surface area contributed by atoms with Crippen molar-refractivity contribution in [2.45, 2.75) is 58.6 Å². The Balaban J connectivity index is 2.39. The zero-order valence-corrected chi connectivity index (χ0v) is 11.4. The molecule has 1 atom stereocenters. The van der Waals surface area contributed by atoms with Gasteiger partial charge in [0.15, 0.2) is 0 Å². The maximum atomic E-state index is 11.9. The fourth-order valence-electron chi connectivity index (χ4n) is 2.26. The number of carbonyl (C=O) groups is 1. The molecule has 0 aromatic rings. The second-order valence-electron chi connectivity index (χ2n) is 4.89. The van der Waals surface area contributed by atoms with Gasteiger partial charge in [-0.2, -0.15) is 0 Å². The number of piperidine rings is 1. The first-order valence-electron chi connectivity index (χ1n) is 6.81. The van der Waals surface area contributed by atoms with Crippen molar-refractivity contribution in [3.63, 3.8) is 0 Å². The first-order valence-corrected chi connectivity index (χ1v) is 6.81. The van der Waals surface area contributed by atoms with E-state index in [4.69, 9.17) is 4.74 Å². The van der Waals surface area contributed by atoms with E-state index in [0.717, 1.165) is 32.4 Å². The monoisotopic (exact) mass is 242 g/mol. The van der Waals surface area contributed by atoms with Crippen molar-refractivity contribution in [3.05, 3.63) is 0 Å². The Hall–Kier alpha value is -0.770. The number of nitrogens with zero attached hydrogens (tertiary/aromatic N) is 1. The number of ether oxygens (including phenoxy) is 1. The van der Waals surface area contributed by atoms with Crippen molar-refractivity contribution >= 4 is 6.03 Å². The van der Waals surface area contributed by atoms with Crippen molar-refractivity contribution in [2.24, 2.45) is 0 Å². The average molecular weight is 242 g/mol. The van der Waals surface area contributed by atoms with Gasteiger partial charge in [0, 0.05) is 25.7 Å². The molecule has 0 saturated carbocycles. The molecule has 4 heteroatoms. The summed E-state index contributed by atoms with van der Waals surface area (Å²) in [6.07, 6.45) is 4.69. The Bertz CT molecular complexity index is 231. The molecule has 1 fully saturated rings. The molecule has 2 amide bonds. The van der Waals surface area contributed by atoms with Crippen LogP contribution in [0.1, 0.15) is 46.5 Å². The number of hydrogen-bond acceptors (Lipinski definition) is 2. The van der Waals surface area contributed by atoms with Gasteiger partial charge in [-0.25, -0.2) is 4.79 Å². The number of amides is 2. The first-order chi connectivity index (χ1) is 8.15. The van der Waals surface area contributed by atoms with Gasteiger partial charge in [0.1, 0.15) is 0 Å². The molecule has 1 aliphatic heterocycles. The number of nitrogens with one attached hydrogen (secondary N) is 1. The third-order valence-electron chi connectivity index (χ3n) is 3.12. The van der Waals surface area contributed by atoms with Crippen molar-refractivity contribution < 1.29 is 9.53 Å². The minimum atomic E-state index is 0.0850. The molecule has 0 aromatic carbocycles. The van der Waals surface area contributed by atoms with E-state index in [1.165, 1.54) is 6.42 Å². The third kappa shape index (κ3) is 4.94. The van der Waals surface area contributed by atoms with Crippen LogP contribution >= 0.6 is 0 Å². The van der Waals surface area contributed by atoms with Gasteiger partial charge in [0.05, 0.1) is 6.10 Å². The highest BCUT2D eigenvalue weighted by Gasteiger charge is 2.25. The smallest absolute Gasteiger partial charge is 0.317 e. The van der Waals surface area contributed by atoms with E-state index in [-0.39, 0.29) is 12.1 Å². The Morgan fingerprint density at radius 1 is 1.47 bits per heavy atom. The highest BCUT2D eigenvalue weighted by molar-refractivity contribution is 5.74. The van der Waals surface area contributed by atoms with E-state index in [0.29, 0.717) is 12.6 Å². The lowest BCUT2D eigenvalue weighted by atomic mass is 10.00. The van der Waals surface area contributed by atoms with Gasteiger partial charge in [-0.15, -0.1) is 0 Å². The molecule has 1 aliphatic rings. The molecule has 1 N–H and O–H groups in total. The second kappa shape index (κ2) is 7.54. The maximum Gasteiger partial charge on any atom is 0.317 e. The summed E-state index contributed by atoms with van der Waals surface area (Å²) in [5.74, 6) is 0. The van der Waals surface area contributed by atoms with Crippen molar-refractivity contribution in [1.29, 1.82) is 0 Å². The number of carbonyl (C=O) groups excluding carboxylic acids is 1. The SMILES string of the molecule is CCNC(=O)N1CCCC[C@@H]1CCOC(C)C. The number of hydrogen-bond donors (Lipinski definition) is 1. The van der Waals surface area contributed by atoms with E-state index < -0.39 is 0 Å². The van der Waals surface area contributed by atoms with Crippen molar-refractivity contribution in [2.75, 3.05) is 19.7 Å². The van der Waals surface area contributed by atoms with Crippen LogP contribution in [0.15, 0.2) is 0 Å². The maximum absolute atomic E-state index is 11.9. The van der Waals surface area contributed by atoms with Crippen LogP contribution in [0.5, 0.6) is 0 Å². The largest absolute Gasteiger partial charge is 0.379 e. The predicted molar refractivity (Wildman–Crippen MR) is 69.1 cm³/mol. The molecule has 0 aliphatic carbocycles. The molecule has 1 rings (SSSR count). The molecule has 0 aromatic heterocycles. The van der Waals surface area contributed by atoms with Crippen LogP contribution in [0, 0.1) is 0 Å². The lowest BCUT2D eigenvalue weighted by Gasteiger charge is -2.35. The minimum absolute atomic E-state index is 0.0850. The fraction of sp³-hybridized carbons (Fsp3) is 0.923. The summed E-state index contributed by atoms with van der Waals surface area (Å²) < 4.78 is 5.57. The minimum Gasteiger partial charge on any atom is -0.379 e. The van der Waals surface area contributed by atoms with Gasteiger partial charge in [-0.3, -0.25) is 0 Å². The number of rotatable bonds is 5. The van der Waals surface area contributed by atoms with Crippen LogP contribution in [0.2, 0.25) is 0 Å². The molecule has 0 spiro atoms. The fourth-order valence-corrected chi connectivity index (χ4v) is 2.26. The summed E-state index contributed by atoms with van der Waals surface area (Å²) in [6.45, 7) is 8.38. The molecular formula is C13H26N2O2. The first kappa shape index (κ1) is 14.3. The Morgan fingerprint density at radius 2 is 2.24 bits per heavy atom. The van der Waals surface area contributed by atoms with E-state index in [1.807, 2.05) is 25.7 Å². The van der Waals surface area contributed by atoms with Gasteiger partial charge in [-0.1, -0.05) is 0 Å². The highest BCUT2D eigenvalue weighted by atomic mass is 16.5. The molecule has 0 unspecified atom stereocenters. The second-order valence-corrected chi connectivity index (χ2v) is 4.89. The molecule has 1 heterocycles. The van der Waals surface area contributed by atoms with Crippen LogP contribution in [0.4, 0.5) is 4.79 Å².